The lowest BCUT2D eigenvalue weighted by molar-refractivity contribution is -0.113. The van der Waals surface area contributed by atoms with Gasteiger partial charge in [-0.1, -0.05) is 18.3 Å². The standard InChI is InChI=1S/C12H11F2N3OS2/c1-2-11-16-17-12(20-11)15-10(18)6-19-9-4-3-7(13)5-8(9)14/h3-5H,2,6H2,1H3,(H,15,17,18). The first-order valence-electron chi connectivity index (χ1n) is 5.78. The molecule has 1 aromatic heterocycles. The van der Waals surface area contributed by atoms with Gasteiger partial charge in [-0.25, -0.2) is 8.78 Å². The van der Waals surface area contributed by atoms with Gasteiger partial charge in [0.1, 0.15) is 16.6 Å². The van der Waals surface area contributed by atoms with Crippen molar-refractivity contribution in [1.29, 1.82) is 0 Å². The van der Waals surface area contributed by atoms with Gasteiger partial charge in [-0.05, 0) is 18.6 Å². The Morgan fingerprint density at radius 1 is 1.40 bits per heavy atom. The number of aryl methyl sites for hydroxylation is 1. The topological polar surface area (TPSA) is 54.9 Å². The smallest absolute Gasteiger partial charge is 0.236 e. The normalized spacial score (nSPS) is 10.6. The maximum Gasteiger partial charge on any atom is 0.236 e. The SMILES string of the molecule is CCc1nnc(NC(=O)CSc2ccc(F)cc2F)s1. The van der Waals surface area contributed by atoms with E-state index >= 15 is 0 Å². The van der Waals surface area contributed by atoms with Crippen LogP contribution in [0.25, 0.3) is 0 Å². The average molecular weight is 315 g/mol. The Morgan fingerprint density at radius 2 is 2.20 bits per heavy atom. The van der Waals surface area contributed by atoms with E-state index in [9.17, 15) is 13.6 Å². The monoisotopic (exact) mass is 315 g/mol. The third kappa shape index (κ3) is 3.97. The van der Waals surface area contributed by atoms with E-state index in [1.165, 1.54) is 17.4 Å². The second kappa shape index (κ2) is 6.76. The zero-order valence-corrected chi connectivity index (χ0v) is 12.2. The van der Waals surface area contributed by atoms with Crippen molar-refractivity contribution in [3.05, 3.63) is 34.8 Å². The van der Waals surface area contributed by atoms with E-state index < -0.39 is 11.6 Å². The van der Waals surface area contributed by atoms with Crippen molar-refractivity contribution >= 4 is 34.1 Å². The molecule has 0 saturated heterocycles. The van der Waals surface area contributed by atoms with E-state index in [-0.39, 0.29) is 16.6 Å². The zero-order valence-electron chi connectivity index (χ0n) is 10.5. The van der Waals surface area contributed by atoms with Crippen LogP contribution in [-0.4, -0.2) is 21.9 Å². The molecule has 2 rings (SSSR count). The maximum absolute atomic E-state index is 13.4. The van der Waals surface area contributed by atoms with Gasteiger partial charge in [-0.2, -0.15) is 0 Å². The molecule has 0 radical (unpaired) electrons. The lowest BCUT2D eigenvalue weighted by atomic mass is 10.3. The largest absolute Gasteiger partial charge is 0.300 e. The van der Waals surface area contributed by atoms with Crippen molar-refractivity contribution in [3.8, 4) is 0 Å². The Morgan fingerprint density at radius 3 is 2.85 bits per heavy atom. The third-order valence-corrected chi connectivity index (χ3v) is 4.30. The number of amides is 1. The minimum atomic E-state index is -0.674. The molecule has 1 heterocycles. The molecule has 0 saturated carbocycles. The molecule has 20 heavy (non-hydrogen) atoms. The number of benzene rings is 1. The zero-order chi connectivity index (χ0) is 14.5. The number of carbonyl (C=O) groups is 1. The Hall–Kier alpha value is -1.54. The molecule has 0 atom stereocenters. The van der Waals surface area contributed by atoms with E-state index in [1.807, 2.05) is 6.92 Å². The van der Waals surface area contributed by atoms with Crippen LogP contribution >= 0.6 is 23.1 Å². The fourth-order valence-electron chi connectivity index (χ4n) is 1.34. The van der Waals surface area contributed by atoms with Crippen LogP contribution in [0.3, 0.4) is 0 Å². The van der Waals surface area contributed by atoms with Gasteiger partial charge in [-0.3, -0.25) is 10.1 Å². The first-order chi connectivity index (χ1) is 9.58. The van der Waals surface area contributed by atoms with Crippen LogP contribution < -0.4 is 5.32 Å². The van der Waals surface area contributed by atoms with Crippen LogP contribution in [0.15, 0.2) is 23.1 Å². The summed E-state index contributed by atoms with van der Waals surface area (Å²) >= 11 is 2.30. The van der Waals surface area contributed by atoms with Gasteiger partial charge in [0.25, 0.3) is 0 Å². The molecular formula is C12H11F2N3OS2. The summed E-state index contributed by atoms with van der Waals surface area (Å²) in [5.41, 5.74) is 0. The number of thioether (sulfide) groups is 1. The summed E-state index contributed by atoms with van der Waals surface area (Å²) in [5, 5.41) is 11.5. The van der Waals surface area contributed by atoms with E-state index in [2.05, 4.69) is 15.5 Å². The molecule has 4 nitrogen and oxygen atoms in total. The van der Waals surface area contributed by atoms with Crippen LogP contribution in [0.4, 0.5) is 13.9 Å². The summed E-state index contributed by atoms with van der Waals surface area (Å²) in [6.07, 6.45) is 0.753. The molecule has 1 N–H and O–H groups in total. The lowest BCUT2D eigenvalue weighted by Crippen LogP contribution is -2.13. The Bertz CT molecular complexity index is 618. The molecule has 8 heteroatoms. The molecule has 0 aliphatic heterocycles. The maximum atomic E-state index is 13.4. The molecular weight excluding hydrogens is 304 g/mol. The van der Waals surface area contributed by atoms with Gasteiger partial charge in [0, 0.05) is 11.0 Å². The minimum absolute atomic E-state index is 0.0175. The molecule has 0 aliphatic rings. The predicted octanol–water partition coefficient (Wildman–Crippen LogP) is 3.11. The molecule has 106 valence electrons. The van der Waals surface area contributed by atoms with Gasteiger partial charge < -0.3 is 0 Å². The highest BCUT2D eigenvalue weighted by Gasteiger charge is 2.10. The van der Waals surface area contributed by atoms with E-state index in [0.29, 0.717) is 5.13 Å². The fraction of sp³-hybridized carbons (Fsp3) is 0.250. The highest BCUT2D eigenvalue weighted by atomic mass is 32.2. The van der Waals surface area contributed by atoms with Crippen molar-refractivity contribution in [3.63, 3.8) is 0 Å². The lowest BCUT2D eigenvalue weighted by Gasteiger charge is -2.03. The quantitative estimate of drug-likeness (QED) is 0.861. The van der Waals surface area contributed by atoms with Crippen molar-refractivity contribution in [2.24, 2.45) is 0 Å². The minimum Gasteiger partial charge on any atom is -0.300 e. The van der Waals surface area contributed by atoms with E-state index in [4.69, 9.17) is 0 Å². The summed E-state index contributed by atoms with van der Waals surface area (Å²) in [4.78, 5) is 11.9. The number of halogens is 2. The number of nitrogens with zero attached hydrogens (tertiary/aromatic N) is 2. The molecule has 0 spiro atoms. The van der Waals surface area contributed by atoms with Crippen molar-refractivity contribution in [2.75, 3.05) is 11.1 Å². The number of anilines is 1. The van der Waals surface area contributed by atoms with E-state index in [1.54, 1.807) is 0 Å². The predicted molar refractivity (Wildman–Crippen MR) is 75.0 cm³/mol. The third-order valence-electron chi connectivity index (χ3n) is 2.27. The van der Waals surface area contributed by atoms with Gasteiger partial charge in [0.2, 0.25) is 11.0 Å². The molecule has 1 amide bonds. The molecule has 1 aromatic carbocycles. The molecule has 0 unspecified atom stereocenters. The summed E-state index contributed by atoms with van der Waals surface area (Å²) in [7, 11) is 0. The second-order valence-electron chi connectivity index (χ2n) is 3.77. The van der Waals surface area contributed by atoms with Gasteiger partial charge in [0.05, 0.1) is 5.75 Å². The van der Waals surface area contributed by atoms with Gasteiger partial charge in [-0.15, -0.1) is 22.0 Å². The molecule has 2 aromatic rings. The van der Waals surface area contributed by atoms with Gasteiger partial charge in [0.15, 0.2) is 0 Å². The number of aromatic nitrogens is 2. The highest BCUT2D eigenvalue weighted by Crippen LogP contribution is 2.23. The molecule has 0 bridgehead atoms. The number of carbonyl (C=O) groups excluding carboxylic acids is 1. The van der Waals surface area contributed by atoms with Crippen LogP contribution in [0.1, 0.15) is 11.9 Å². The summed E-state index contributed by atoms with van der Waals surface area (Å²) < 4.78 is 26.1. The van der Waals surface area contributed by atoms with Crippen LogP contribution in [0.5, 0.6) is 0 Å². The number of nitrogens with one attached hydrogen (secondary N) is 1. The fourth-order valence-corrected chi connectivity index (χ4v) is 2.75. The molecule has 0 aliphatic carbocycles. The summed E-state index contributed by atoms with van der Waals surface area (Å²) in [6.45, 7) is 1.94. The number of rotatable bonds is 5. The van der Waals surface area contributed by atoms with Crippen LogP contribution in [0, 0.1) is 11.6 Å². The highest BCUT2D eigenvalue weighted by molar-refractivity contribution is 8.00. The molecule has 0 fully saturated rings. The second-order valence-corrected chi connectivity index (χ2v) is 5.85. The van der Waals surface area contributed by atoms with Gasteiger partial charge >= 0.3 is 0 Å². The first kappa shape index (κ1) is 14.9. The summed E-state index contributed by atoms with van der Waals surface area (Å²) in [6, 6.07) is 3.25. The van der Waals surface area contributed by atoms with E-state index in [0.717, 1.165) is 35.3 Å². The Labute approximate surface area is 122 Å². The first-order valence-corrected chi connectivity index (χ1v) is 7.58. The van der Waals surface area contributed by atoms with Crippen LogP contribution in [0.2, 0.25) is 0 Å². The van der Waals surface area contributed by atoms with Crippen molar-refractivity contribution < 1.29 is 13.6 Å². The van der Waals surface area contributed by atoms with Crippen molar-refractivity contribution in [2.45, 2.75) is 18.2 Å². The Kier molecular flexibility index (Phi) is 5.02. The number of hydrogen-bond donors (Lipinski definition) is 1. The number of hydrogen-bond acceptors (Lipinski definition) is 5. The van der Waals surface area contributed by atoms with Crippen LogP contribution in [-0.2, 0) is 11.2 Å². The average Bonchev–Trinajstić information content (AvgIpc) is 2.85. The van der Waals surface area contributed by atoms with Crippen molar-refractivity contribution in [1.82, 2.24) is 10.2 Å². The Balaban J connectivity index is 1.88. The summed E-state index contributed by atoms with van der Waals surface area (Å²) in [5.74, 6) is -1.61.